The average Bonchev–Trinajstić information content (AvgIpc) is 3.40. The minimum Gasteiger partial charge on any atom is -0.483 e. The largest absolute Gasteiger partial charge is 0.483 e. The van der Waals surface area contributed by atoms with Crippen LogP contribution in [0.4, 0.5) is 0 Å². The van der Waals surface area contributed by atoms with E-state index in [1.165, 1.54) is 0 Å². The van der Waals surface area contributed by atoms with E-state index >= 15 is 0 Å². The maximum absolute atomic E-state index is 13.3. The second-order valence-corrected chi connectivity index (χ2v) is 8.32. The highest BCUT2D eigenvalue weighted by atomic mass is 16.6. The third kappa shape index (κ3) is 3.86. The fraction of sp³-hybridized carbons (Fsp3) is 0.320. The Bertz CT molecular complexity index is 1300. The highest BCUT2D eigenvalue weighted by Crippen LogP contribution is 2.37. The van der Waals surface area contributed by atoms with Crippen LogP contribution in [-0.4, -0.2) is 47.2 Å². The van der Waals surface area contributed by atoms with Crippen molar-refractivity contribution in [3.63, 3.8) is 0 Å². The van der Waals surface area contributed by atoms with Crippen molar-refractivity contribution < 1.29 is 24.1 Å². The molecule has 3 aromatic rings. The zero-order chi connectivity index (χ0) is 22.9. The molecule has 0 radical (unpaired) electrons. The Hall–Kier alpha value is -3.67. The Morgan fingerprint density at radius 3 is 2.58 bits per heavy atom. The van der Waals surface area contributed by atoms with Gasteiger partial charge in [0.15, 0.2) is 17.4 Å². The van der Waals surface area contributed by atoms with Crippen molar-refractivity contribution in [2.24, 2.45) is 5.92 Å². The maximum atomic E-state index is 13.3. The molecule has 0 unspecified atom stereocenters. The molecule has 2 fully saturated rings. The van der Waals surface area contributed by atoms with Gasteiger partial charge in [-0.3, -0.25) is 9.59 Å². The summed E-state index contributed by atoms with van der Waals surface area (Å²) < 4.78 is 19.4. The van der Waals surface area contributed by atoms with E-state index in [9.17, 15) is 14.9 Å². The zero-order valence-electron chi connectivity index (χ0n) is 17.7. The minimum absolute atomic E-state index is 0.0458. The number of nitriles is 1. The SMILES string of the molecule is N#Cc1c(O[C@H]2CO[C@@H]3[C@@H](CC(=O)O)CO[C@H]32)c2ccccc2n(Cc2ccccc2)c1=O. The number of aromatic nitrogens is 1. The van der Waals surface area contributed by atoms with Crippen molar-refractivity contribution in [3.05, 3.63) is 76.1 Å². The number of carboxylic acids is 1. The third-order valence-corrected chi connectivity index (χ3v) is 6.24. The molecule has 4 atom stereocenters. The van der Waals surface area contributed by atoms with Crippen molar-refractivity contribution >= 4 is 16.9 Å². The molecule has 2 aliphatic heterocycles. The molecule has 8 heteroatoms. The minimum atomic E-state index is -0.906. The smallest absolute Gasteiger partial charge is 0.303 e. The van der Waals surface area contributed by atoms with Crippen LogP contribution < -0.4 is 10.3 Å². The third-order valence-electron chi connectivity index (χ3n) is 6.24. The predicted molar refractivity (Wildman–Crippen MR) is 118 cm³/mol. The number of carbonyl (C=O) groups is 1. The lowest BCUT2D eigenvalue weighted by Crippen LogP contribution is -2.35. The zero-order valence-corrected chi connectivity index (χ0v) is 17.7. The summed E-state index contributed by atoms with van der Waals surface area (Å²) in [6, 6.07) is 18.9. The van der Waals surface area contributed by atoms with Crippen molar-refractivity contribution in [1.29, 1.82) is 5.26 Å². The second kappa shape index (κ2) is 8.70. The molecule has 0 bridgehead atoms. The molecule has 5 rings (SSSR count). The highest BCUT2D eigenvalue weighted by molar-refractivity contribution is 5.87. The van der Waals surface area contributed by atoms with Crippen LogP contribution in [0.1, 0.15) is 17.5 Å². The fourth-order valence-electron chi connectivity index (χ4n) is 4.72. The van der Waals surface area contributed by atoms with Gasteiger partial charge in [-0.25, -0.2) is 0 Å². The first kappa shape index (κ1) is 21.2. The van der Waals surface area contributed by atoms with Crippen molar-refractivity contribution in [3.8, 4) is 11.8 Å². The van der Waals surface area contributed by atoms with E-state index in [1.807, 2.05) is 60.7 Å². The Morgan fingerprint density at radius 1 is 1.09 bits per heavy atom. The van der Waals surface area contributed by atoms with Crippen LogP contribution in [0.3, 0.4) is 0 Å². The van der Waals surface area contributed by atoms with Crippen LogP contribution in [0.2, 0.25) is 0 Å². The molecule has 168 valence electrons. The summed E-state index contributed by atoms with van der Waals surface area (Å²) in [6.45, 7) is 0.788. The summed E-state index contributed by atoms with van der Waals surface area (Å²) >= 11 is 0. The number of ether oxygens (including phenoxy) is 3. The standard InChI is InChI=1S/C25H22N2O6/c26-11-18-23(33-20-14-32-22-16(10-21(28)29)13-31-24(20)22)17-8-4-5-9-19(17)27(25(18)30)12-15-6-2-1-3-7-15/h1-9,16,20,22,24H,10,12-14H2,(H,28,29)/t16-,20-,22+,24-/m0/s1. The van der Waals surface area contributed by atoms with E-state index in [0.29, 0.717) is 17.4 Å². The van der Waals surface area contributed by atoms with Crippen LogP contribution in [0.5, 0.6) is 5.75 Å². The van der Waals surface area contributed by atoms with Gasteiger partial charge in [0.2, 0.25) is 0 Å². The van der Waals surface area contributed by atoms with Crippen LogP contribution in [0.25, 0.3) is 10.9 Å². The molecule has 2 saturated heterocycles. The maximum Gasteiger partial charge on any atom is 0.303 e. The summed E-state index contributed by atoms with van der Waals surface area (Å²) in [5, 5.41) is 19.7. The Kier molecular flexibility index (Phi) is 5.58. The highest BCUT2D eigenvalue weighted by Gasteiger charge is 2.49. The van der Waals surface area contributed by atoms with Gasteiger partial charge in [-0.1, -0.05) is 42.5 Å². The van der Waals surface area contributed by atoms with Gasteiger partial charge in [-0.05, 0) is 17.7 Å². The molecule has 1 N–H and O–H groups in total. The molecule has 3 heterocycles. The molecule has 0 amide bonds. The first-order valence-electron chi connectivity index (χ1n) is 10.8. The number of rotatable bonds is 6. The number of hydrogen-bond donors (Lipinski definition) is 1. The monoisotopic (exact) mass is 446 g/mol. The van der Waals surface area contributed by atoms with Crippen LogP contribution in [0.15, 0.2) is 59.4 Å². The van der Waals surface area contributed by atoms with E-state index in [-0.39, 0.29) is 43.0 Å². The van der Waals surface area contributed by atoms with Gasteiger partial charge in [-0.15, -0.1) is 0 Å². The predicted octanol–water partition coefficient (Wildman–Crippen LogP) is 2.56. The summed E-state index contributed by atoms with van der Waals surface area (Å²) in [5.41, 5.74) is 1.10. The molecule has 2 aliphatic rings. The van der Waals surface area contributed by atoms with E-state index in [0.717, 1.165) is 5.56 Å². The lowest BCUT2D eigenvalue weighted by atomic mass is 9.98. The Labute approximate surface area is 189 Å². The van der Waals surface area contributed by atoms with Gasteiger partial charge in [0.05, 0.1) is 37.8 Å². The molecular weight excluding hydrogens is 424 g/mol. The number of pyridine rings is 1. The Morgan fingerprint density at radius 2 is 1.82 bits per heavy atom. The molecule has 8 nitrogen and oxygen atoms in total. The number of hydrogen-bond acceptors (Lipinski definition) is 6. The number of carboxylic acid groups (broad SMARTS) is 1. The van der Waals surface area contributed by atoms with Gasteiger partial charge in [-0.2, -0.15) is 5.26 Å². The number of aliphatic carboxylic acids is 1. The normalized spacial score (nSPS) is 23.8. The quantitative estimate of drug-likeness (QED) is 0.619. The summed E-state index contributed by atoms with van der Waals surface area (Å²) in [7, 11) is 0. The Balaban J connectivity index is 1.52. The van der Waals surface area contributed by atoms with Crippen LogP contribution in [0, 0.1) is 17.2 Å². The van der Waals surface area contributed by atoms with E-state index in [4.69, 9.17) is 19.3 Å². The van der Waals surface area contributed by atoms with Crippen molar-refractivity contribution in [1.82, 2.24) is 4.57 Å². The molecule has 2 aromatic carbocycles. The van der Waals surface area contributed by atoms with E-state index < -0.39 is 23.7 Å². The van der Waals surface area contributed by atoms with Crippen molar-refractivity contribution in [2.45, 2.75) is 31.3 Å². The van der Waals surface area contributed by atoms with Gasteiger partial charge >= 0.3 is 5.97 Å². The molecule has 0 aliphatic carbocycles. The molecule has 0 saturated carbocycles. The summed E-state index contributed by atoms with van der Waals surface area (Å²) in [5.74, 6) is -0.953. The molecule has 1 aromatic heterocycles. The molecule has 33 heavy (non-hydrogen) atoms. The summed E-state index contributed by atoms with van der Waals surface area (Å²) in [4.78, 5) is 24.5. The number of benzene rings is 2. The number of para-hydroxylation sites is 1. The average molecular weight is 446 g/mol. The lowest BCUT2D eigenvalue weighted by Gasteiger charge is -2.21. The van der Waals surface area contributed by atoms with Gasteiger partial charge in [0, 0.05) is 11.3 Å². The fourth-order valence-corrected chi connectivity index (χ4v) is 4.72. The van der Waals surface area contributed by atoms with Crippen molar-refractivity contribution in [2.75, 3.05) is 13.2 Å². The summed E-state index contributed by atoms with van der Waals surface area (Å²) in [6.07, 6.45) is -1.43. The van der Waals surface area contributed by atoms with Gasteiger partial charge in [0.25, 0.3) is 5.56 Å². The number of fused-ring (bicyclic) bond motifs is 2. The number of nitrogens with zero attached hydrogens (tertiary/aromatic N) is 2. The van der Waals surface area contributed by atoms with E-state index in [2.05, 4.69) is 0 Å². The second-order valence-electron chi connectivity index (χ2n) is 8.32. The van der Waals surface area contributed by atoms with Crippen LogP contribution >= 0.6 is 0 Å². The topological polar surface area (TPSA) is 111 Å². The van der Waals surface area contributed by atoms with Gasteiger partial charge < -0.3 is 23.9 Å². The van der Waals surface area contributed by atoms with Gasteiger partial charge in [0.1, 0.15) is 12.2 Å². The first-order chi connectivity index (χ1) is 16.1. The van der Waals surface area contributed by atoms with Crippen LogP contribution in [-0.2, 0) is 20.8 Å². The first-order valence-corrected chi connectivity index (χ1v) is 10.8. The van der Waals surface area contributed by atoms with E-state index in [1.54, 1.807) is 4.57 Å². The molecular formula is C25H22N2O6. The molecule has 0 spiro atoms. The lowest BCUT2D eigenvalue weighted by molar-refractivity contribution is -0.138.